The van der Waals surface area contributed by atoms with E-state index in [2.05, 4.69) is 5.32 Å². The molecular formula is C15H14FNO3. The summed E-state index contributed by atoms with van der Waals surface area (Å²) in [5.74, 6) is 1.00. The Morgan fingerprint density at radius 3 is 2.80 bits per heavy atom. The predicted octanol–water partition coefficient (Wildman–Crippen LogP) is 3.18. The fraction of sp³-hybridized carbons (Fsp3) is 0.200. The third-order valence-corrected chi connectivity index (χ3v) is 3.31. The van der Waals surface area contributed by atoms with Crippen LogP contribution in [0.5, 0.6) is 17.2 Å². The molecule has 0 bridgehead atoms. The minimum Gasteiger partial charge on any atom is -0.507 e. The van der Waals surface area contributed by atoms with Crippen molar-refractivity contribution in [2.24, 2.45) is 0 Å². The Kier molecular flexibility index (Phi) is 3.10. The van der Waals surface area contributed by atoms with Crippen molar-refractivity contribution in [3.63, 3.8) is 0 Å². The molecule has 0 aliphatic carbocycles. The van der Waals surface area contributed by atoms with Gasteiger partial charge in [-0.1, -0.05) is 6.07 Å². The van der Waals surface area contributed by atoms with Gasteiger partial charge in [-0.05, 0) is 25.1 Å². The highest BCUT2D eigenvalue weighted by atomic mass is 19.1. The molecule has 0 aromatic heterocycles. The molecule has 0 atom stereocenters. The quantitative estimate of drug-likeness (QED) is 0.903. The molecule has 104 valence electrons. The highest BCUT2D eigenvalue weighted by Gasteiger charge is 2.17. The lowest BCUT2D eigenvalue weighted by atomic mass is 10.1. The van der Waals surface area contributed by atoms with Crippen LogP contribution in [0.15, 0.2) is 30.3 Å². The number of hydrogen-bond donors (Lipinski definition) is 2. The first kappa shape index (κ1) is 12.6. The molecule has 0 unspecified atom stereocenters. The molecule has 2 aromatic rings. The van der Waals surface area contributed by atoms with E-state index in [-0.39, 0.29) is 18.4 Å². The lowest BCUT2D eigenvalue weighted by Gasteiger charge is -2.11. The average molecular weight is 275 g/mol. The number of phenols is 1. The monoisotopic (exact) mass is 275 g/mol. The van der Waals surface area contributed by atoms with Crippen molar-refractivity contribution < 1.29 is 19.0 Å². The second kappa shape index (κ2) is 4.92. The van der Waals surface area contributed by atoms with Crippen LogP contribution in [0, 0.1) is 12.7 Å². The number of fused-ring (bicyclic) bond motifs is 1. The molecule has 0 fully saturated rings. The van der Waals surface area contributed by atoms with Crippen molar-refractivity contribution in [2.75, 3.05) is 12.1 Å². The van der Waals surface area contributed by atoms with Crippen molar-refractivity contribution in [3.8, 4) is 17.2 Å². The standard InChI is InChI=1S/C15H14FNO3/c1-9-11(16)3-2-4-12(9)17-7-10-5-14-15(6-13(10)18)20-8-19-14/h2-6,17-18H,7-8H2,1H3. The summed E-state index contributed by atoms with van der Waals surface area (Å²) < 4.78 is 23.9. The first-order chi connectivity index (χ1) is 9.65. The van der Waals surface area contributed by atoms with E-state index in [4.69, 9.17) is 9.47 Å². The SMILES string of the molecule is Cc1c(F)cccc1NCc1cc2c(cc1O)OCO2. The number of hydrogen-bond acceptors (Lipinski definition) is 4. The third kappa shape index (κ3) is 2.22. The molecule has 1 aliphatic rings. The van der Waals surface area contributed by atoms with Gasteiger partial charge in [0.15, 0.2) is 11.5 Å². The van der Waals surface area contributed by atoms with Gasteiger partial charge in [-0.2, -0.15) is 0 Å². The molecule has 2 aromatic carbocycles. The summed E-state index contributed by atoms with van der Waals surface area (Å²) in [6.45, 7) is 2.23. The van der Waals surface area contributed by atoms with E-state index in [1.165, 1.54) is 12.1 Å². The van der Waals surface area contributed by atoms with Gasteiger partial charge in [0.25, 0.3) is 0 Å². The predicted molar refractivity (Wildman–Crippen MR) is 72.7 cm³/mol. The first-order valence-corrected chi connectivity index (χ1v) is 6.25. The number of anilines is 1. The van der Waals surface area contributed by atoms with Crippen molar-refractivity contribution in [3.05, 3.63) is 47.3 Å². The molecule has 0 spiro atoms. The average Bonchev–Trinajstić information content (AvgIpc) is 2.87. The zero-order valence-corrected chi connectivity index (χ0v) is 10.9. The van der Waals surface area contributed by atoms with E-state index in [0.717, 1.165) is 0 Å². The van der Waals surface area contributed by atoms with E-state index >= 15 is 0 Å². The maximum Gasteiger partial charge on any atom is 0.231 e. The van der Waals surface area contributed by atoms with E-state index in [9.17, 15) is 9.50 Å². The Bertz CT molecular complexity index is 658. The summed E-state index contributed by atoms with van der Waals surface area (Å²) in [6.07, 6.45) is 0. The van der Waals surface area contributed by atoms with Gasteiger partial charge >= 0.3 is 0 Å². The van der Waals surface area contributed by atoms with Crippen molar-refractivity contribution in [1.29, 1.82) is 0 Å². The van der Waals surface area contributed by atoms with E-state index in [1.807, 2.05) is 0 Å². The Morgan fingerprint density at radius 1 is 1.25 bits per heavy atom. The van der Waals surface area contributed by atoms with Gasteiger partial charge in [0, 0.05) is 29.4 Å². The molecule has 2 N–H and O–H groups in total. The third-order valence-electron chi connectivity index (χ3n) is 3.31. The van der Waals surface area contributed by atoms with Crippen LogP contribution < -0.4 is 14.8 Å². The van der Waals surface area contributed by atoms with Crippen LogP contribution in [0.25, 0.3) is 0 Å². The minimum atomic E-state index is -0.259. The summed E-state index contributed by atoms with van der Waals surface area (Å²) in [7, 11) is 0. The number of ether oxygens (including phenoxy) is 2. The summed E-state index contributed by atoms with van der Waals surface area (Å²) in [6, 6.07) is 8.10. The Morgan fingerprint density at radius 2 is 2.00 bits per heavy atom. The lowest BCUT2D eigenvalue weighted by molar-refractivity contribution is 0.174. The fourth-order valence-electron chi connectivity index (χ4n) is 2.10. The van der Waals surface area contributed by atoms with Crippen LogP contribution in [0.3, 0.4) is 0 Å². The van der Waals surface area contributed by atoms with Crippen LogP contribution in [0.2, 0.25) is 0 Å². The molecule has 5 heteroatoms. The zero-order chi connectivity index (χ0) is 14.1. The van der Waals surface area contributed by atoms with E-state index in [1.54, 1.807) is 25.1 Å². The molecular weight excluding hydrogens is 261 g/mol. The van der Waals surface area contributed by atoms with Crippen molar-refractivity contribution >= 4 is 5.69 Å². The maximum atomic E-state index is 13.4. The number of halogens is 1. The van der Waals surface area contributed by atoms with Crippen LogP contribution in [-0.4, -0.2) is 11.9 Å². The topological polar surface area (TPSA) is 50.7 Å². The van der Waals surface area contributed by atoms with Gasteiger partial charge in [-0.25, -0.2) is 4.39 Å². The highest BCUT2D eigenvalue weighted by Crippen LogP contribution is 2.37. The molecule has 4 nitrogen and oxygen atoms in total. The van der Waals surface area contributed by atoms with Gasteiger partial charge in [0.05, 0.1) is 0 Å². The van der Waals surface area contributed by atoms with Crippen LogP contribution >= 0.6 is 0 Å². The maximum absolute atomic E-state index is 13.4. The summed E-state index contributed by atoms with van der Waals surface area (Å²) in [5.41, 5.74) is 1.91. The molecule has 0 saturated heterocycles. The first-order valence-electron chi connectivity index (χ1n) is 6.25. The summed E-state index contributed by atoms with van der Waals surface area (Å²) in [5, 5.41) is 13.0. The van der Waals surface area contributed by atoms with Crippen molar-refractivity contribution in [1.82, 2.24) is 0 Å². The van der Waals surface area contributed by atoms with Crippen LogP contribution in [0.1, 0.15) is 11.1 Å². The number of nitrogens with one attached hydrogen (secondary N) is 1. The van der Waals surface area contributed by atoms with Gasteiger partial charge in [-0.15, -0.1) is 0 Å². The highest BCUT2D eigenvalue weighted by molar-refractivity contribution is 5.55. The Balaban J connectivity index is 1.80. The molecule has 0 saturated carbocycles. The second-order valence-electron chi connectivity index (χ2n) is 4.60. The largest absolute Gasteiger partial charge is 0.507 e. The van der Waals surface area contributed by atoms with Crippen LogP contribution in [-0.2, 0) is 6.54 Å². The molecule has 1 heterocycles. The van der Waals surface area contributed by atoms with Gasteiger partial charge < -0.3 is 19.9 Å². The normalized spacial score (nSPS) is 12.5. The van der Waals surface area contributed by atoms with Crippen LogP contribution in [0.4, 0.5) is 10.1 Å². The van der Waals surface area contributed by atoms with Gasteiger partial charge in [-0.3, -0.25) is 0 Å². The molecule has 20 heavy (non-hydrogen) atoms. The summed E-state index contributed by atoms with van der Waals surface area (Å²) >= 11 is 0. The van der Waals surface area contributed by atoms with E-state index in [0.29, 0.717) is 34.9 Å². The number of benzene rings is 2. The number of aromatic hydroxyl groups is 1. The van der Waals surface area contributed by atoms with Gasteiger partial charge in [0.1, 0.15) is 11.6 Å². The molecule has 1 aliphatic heterocycles. The molecule has 0 amide bonds. The lowest BCUT2D eigenvalue weighted by Crippen LogP contribution is -2.02. The Labute approximate surface area is 115 Å². The summed E-state index contributed by atoms with van der Waals surface area (Å²) in [4.78, 5) is 0. The smallest absolute Gasteiger partial charge is 0.231 e. The second-order valence-corrected chi connectivity index (χ2v) is 4.60. The molecule has 3 rings (SSSR count). The van der Waals surface area contributed by atoms with E-state index < -0.39 is 0 Å². The zero-order valence-electron chi connectivity index (χ0n) is 10.9. The van der Waals surface area contributed by atoms with Gasteiger partial charge in [0.2, 0.25) is 6.79 Å². The Hall–Kier alpha value is -2.43. The fourth-order valence-corrected chi connectivity index (χ4v) is 2.10. The molecule has 0 radical (unpaired) electrons. The van der Waals surface area contributed by atoms with Crippen molar-refractivity contribution in [2.45, 2.75) is 13.5 Å². The number of rotatable bonds is 3. The number of phenolic OH excluding ortho intramolecular Hbond substituents is 1. The minimum absolute atomic E-state index is 0.121.